The normalized spacial score (nSPS) is 33.8. The molecule has 1 saturated carbocycles. The van der Waals surface area contributed by atoms with Crippen molar-refractivity contribution in [3.8, 4) is 5.75 Å². The van der Waals surface area contributed by atoms with Crippen molar-refractivity contribution in [2.75, 3.05) is 7.11 Å². The van der Waals surface area contributed by atoms with Crippen LogP contribution in [0.25, 0.3) is 0 Å². The highest BCUT2D eigenvalue weighted by Gasteiger charge is 2.53. The first kappa shape index (κ1) is 15.7. The van der Waals surface area contributed by atoms with Gasteiger partial charge in [0, 0.05) is 12.3 Å². The molecule has 0 saturated heterocycles. The van der Waals surface area contributed by atoms with Crippen LogP contribution in [0.1, 0.15) is 56.6 Å². The average molecular weight is 326 g/mol. The number of carbonyl (C=O) groups is 1. The van der Waals surface area contributed by atoms with E-state index in [9.17, 15) is 4.79 Å². The molecule has 3 nitrogen and oxygen atoms in total. The van der Waals surface area contributed by atoms with Crippen LogP contribution in [0.2, 0.25) is 0 Å². The second kappa shape index (κ2) is 5.65. The Morgan fingerprint density at radius 3 is 2.88 bits per heavy atom. The molecule has 0 bridgehead atoms. The SMILES string of the molecule is COc1ccc2c(c1)CCC1C2CC[C@]2(C)C(OC(C)=O)=CCC12. The summed E-state index contributed by atoms with van der Waals surface area (Å²) in [5, 5.41) is 0. The molecule has 0 aliphatic heterocycles. The molecule has 0 aromatic heterocycles. The Balaban J connectivity index is 1.62. The summed E-state index contributed by atoms with van der Waals surface area (Å²) in [5.74, 6) is 3.63. The molecule has 0 N–H and O–H groups in total. The fourth-order valence-electron chi connectivity index (χ4n) is 5.53. The number of carbonyl (C=O) groups excluding carboxylic acids is 1. The maximum Gasteiger partial charge on any atom is 0.307 e. The molecule has 24 heavy (non-hydrogen) atoms. The topological polar surface area (TPSA) is 35.5 Å². The Morgan fingerprint density at radius 1 is 1.29 bits per heavy atom. The average Bonchev–Trinajstić information content (AvgIpc) is 2.90. The van der Waals surface area contributed by atoms with Gasteiger partial charge in [0.15, 0.2) is 0 Å². The molecular weight excluding hydrogens is 300 g/mol. The molecule has 1 aromatic carbocycles. The number of benzene rings is 1. The van der Waals surface area contributed by atoms with Crippen LogP contribution >= 0.6 is 0 Å². The predicted molar refractivity (Wildman–Crippen MR) is 92.8 cm³/mol. The maximum atomic E-state index is 11.4. The first-order chi connectivity index (χ1) is 11.5. The molecule has 0 spiro atoms. The van der Waals surface area contributed by atoms with Crippen LogP contribution in [0, 0.1) is 17.3 Å². The third-order valence-electron chi connectivity index (χ3n) is 6.70. The number of aryl methyl sites for hydroxylation is 1. The number of hydrogen-bond donors (Lipinski definition) is 0. The van der Waals surface area contributed by atoms with Gasteiger partial charge in [-0.1, -0.05) is 13.0 Å². The van der Waals surface area contributed by atoms with E-state index in [0.717, 1.165) is 30.8 Å². The highest BCUT2D eigenvalue weighted by atomic mass is 16.5. The summed E-state index contributed by atoms with van der Waals surface area (Å²) in [6.45, 7) is 3.81. The molecule has 4 atom stereocenters. The van der Waals surface area contributed by atoms with Crippen LogP contribution in [0.5, 0.6) is 5.75 Å². The van der Waals surface area contributed by atoms with Gasteiger partial charge in [0.1, 0.15) is 11.5 Å². The minimum atomic E-state index is -0.189. The fourth-order valence-corrected chi connectivity index (χ4v) is 5.53. The zero-order valence-corrected chi connectivity index (χ0v) is 14.8. The number of rotatable bonds is 2. The molecule has 0 heterocycles. The second-order valence-corrected chi connectivity index (χ2v) is 7.83. The Labute approximate surface area is 144 Å². The Hall–Kier alpha value is -1.77. The number of ether oxygens (including phenoxy) is 2. The van der Waals surface area contributed by atoms with Gasteiger partial charge in [0.25, 0.3) is 0 Å². The van der Waals surface area contributed by atoms with Crippen molar-refractivity contribution in [2.45, 2.75) is 51.9 Å². The number of allylic oxidation sites excluding steroid dienone is 2. The van der Waals surface area contributed by atoms with E-state index < -0.39 is 0 Å². The minimum absolute atomic E-state index is 0.0385. The standard InChI is InChI=1S/C21H26O3/c1-13(22)24-20-9-8-19-18-6-4-14-12-15(23-3)5-7-16(14)17(18)10-11-21(19,20)2/h5,7,9,12,17-19H,4,6,8,10-11H2,1-3H3/t17?,18?,19?,21-/m0/s1. The lowest BCUT2D eigenvalue weighted by molar-refractivity contribution is -0.139. The molecule has 0 radical (unpaired) electrons. The van der Waals surface area contributed by atoms with Crippen molar-refractivity contribution < 1.29 is 14.3 Å². The van der Waals surface area contributed by atoms with Gasteiger partial charge in [-0.25, -0.2) is 0 Å². The fraction of sp³-hybridized carbons (Fsp3) is 0.571. The van der Waals surface area contributed by atoms with Crippen molar-refractivity contribution in [2.24, 2.45) is 17.3 Å². The zero-order chi connectivity index (χ0) is 16.9. The van der Waals surface area contributed by atoms with Crippen LogP contribution in [0.15, 0.2) is 30.0 Å². The second-order valence-electron chi connectivity index (χ2n) is 7.83. The molecule has 1 fully saturated rings. The number of hydrogen-bond acceptors (Lipinski definition) is 3. The van der Waals surface area contributed by atoms with Gasteiger partial charge in [0.2, 0.25) is 0 Å². The molecular formula is C21H26O3. The van der Waals surface area contributed by atoms with Crippen LogP contribution in [0.4, 0.5) is 0 Å². The molecule has 3 unspecified atom stereocenters. The van der Waals surface area contributed by atoms with E-state index in [2.05, 4.69) is 31.2 Å². The third-order valence-corrected chi connectivity index (χ3v) is 6.70. The molecule has 3 aliphatic rings. The summed E-state index contributed by atoms with van der Waals surface area (Å²) in [4.78, 5) is 11.4. The lowest BCUT2D eigenvalue weighted by Gasteiger charge is -2.49. The van der Waals surface area contributed by atoms with Gasteiger partial charge >= 0.3 is 5.97 Å². The van der Waals surface area contributed by atoms with E-state index in [-0.39, 0.29) is 11.4 Å². The maximum absolute atomic E-state index is 11.4. The van der Waals surface area contributed by atoms with Crippen molar-refractivity contribution >= 4 is 5.97 Å². The highest BCUT2D eigenvalue weighted by molar-refractivity contribution is 5.67. The monoisotopic (exact) mass is 326 g/mol. The van der Waals surface area contributed by atoms with Gasteiger partial charge in [0.05, 0.1) is 7.11 Å². The molecule has 3 heteroatoms. The quantitative estimate of drug-likeness (QED) is 0.745. The summed E-state index contributed by atoms with van der Waals surface area (Å²) in [5.41, 5.74) is 3.02. The molecule has 0 amide bonds. The first-order valence-electron chi connectivity index (χ1n) is 9.09. The Bertz CT molecular complexity index is 705. The number of fused-ring (bicyclic) bond motifs is 5. The Morgan fingerprint density at radius 2 is 2.12 bits per heavy atom. The van der Waals surface area contributed by atoms with E-state index >= 15 is 0 Å². The van der Waals surface area contributed by atoms with Crippen molar-refractivity contribution in [1.82, 2.24) is 0 Å². The molecule has 1 aromatic rings. The lowest BCUT2D eigenvalue weighted by Crippen LogP contribution is -2.41. The molecule has 128 valence electrons. The highest BCUT2D eigenvalue weighted by Crippen LogP contribution is 2.61. The molecule has 3 aliphatic carbocycles. The summed E-state index contributed by atoms with van der Waals surface area (Å²) in [6, 6.07) is 6.60. The van der Waals surface area contributed by atoms with E-state index in [4.69, 9.17) is 9.47 Å². The van der Waals surface area contributed by atoms with Crippen LogP contribution in [-0.2, 0) is 16.0 Å². The van der Waals surface area contributed by atoms with Crippen LogP contribution in [0.3, 0.4) is 0 Å². The predicted octanol–water partition coefficient (Wildman–Crippen LogP) is 4.61. The smallest absolute Gasteiger partial charge is 0.307 e. The summed E-state index contributed by atoms with van der Waals surface area (Å²) in [7, 11) is 1.74. The van der Waals surface area contributed by atoms with Crippen molar-refractivity contribution in [1.29, 1.82) is 0 Å². The largest absolute Gasteiger partial charge is 0.497 e. The van der Waals surface area contributed by atoms with Crippen molar-refractivity contribution in [3.63, 3.8) is 0 Å². The van der Waals surface area contributed by atoms with E-state index in [1.807, 2.05) is 0 Å². The van der Waals surface area contributed by atoms with E-state index in [1.165, 1.54) is 30.9 Å². The number of methoxy groups -OCH3 is 1. The lowest BCUT2D eigenvalue weighted by atomic mass is 9.55. The van der Waals surface area contributed by atoms with E-state index in [0.29, 0.717) is 17.8 Å². The summed E-state index contributed by atoms with van der Waals surface area (Å²) >= 11 is 0. The van der Waals surface area contributed by atoms with Gasteiger partial charge in [-0.2, -0.15) is 0 Å². The van der Waals surface area contributed by atoms with Gasteiger partial charge in [-0.05, 0) is 79.2 Å². The van der Waals surface area contributed by atoms with Gasteiger partial charge in [-0.15, -0.1) is 0 Å². The van der Waals surface area contributed by atoms with Gasteiger partial charge < -0.3 is 9.47 Å². The third kappa shape index (κ3) is 2.28. The van der Waals surface area contributed by atoms with Crippen LogP contribution < -0.4 is 4.74 Å². The van der Waals surface area contributed by atoms with Crippen LogP contribution in [-0.4, -0.2) is 13.1 Å². The zero-order valence-electron chi connectivity index (χ0n) is 14.8. The minimum Gasteiger partial charge on any atom is -0.497 e. The summed E-state index contributed by atoms with van der Waals surface area (Å²) in [6.07, 6.45) is 7.86. The number of esters is 1. The Kier molecular flexibility index (Phi) is 3.70. The first-order valence-corrected chi connectivity index (χ1v) is 9.09. The summed E-state index contributed by atoms with van der Waals surface area (Å²) < 4.78 is 11.0. The van der Waals surface area contributed by atoms with Crippen molar-refractivity contribution in [3.05, 3.63) is 41.2 Å². The van der Waals surface area contributed by atoms with E-state index in [1.54, 1.807) is 7.11 Å². The van der Waals surface area contributed by atoms with Gasteiger partial charge in [-0.3, -0.25) is 4.79 Å². The molecule has 4 rings (SSSR count).